The maximum atomic E-state index is 11.2. The Balaban J connectivity index is 3.88. The van der Waals surface area contributed by atoms with E-state index in [1.807, 2.05) is 0 Å². The van der Waals surface area contributed by atoms with E-state index in [0.29, 0.717) is 6.61 Å². The number of carbonyl (C=O) groups excluding carboxylic acids is 2. The quantitative estimate of drug-likeness (QED) is 0.398. The molecule has 4 N–H and O–H groups in total. The Bertz CT molecular complexity index is 258. The van der Waals surface area contributed by atoms with Crippen molar-refractivity contribution in [2.45, 2.75) is 13.0 Å². The van der Waals surface area contributed by atoms with E-state index in [0.717, 1.165) is 0 Å². The van der Waals surface area contributed by atoms with E-state index >= 15 is 0 Å². The standard InChI is InChI=1S/C8H15N3O3S/c1-5(4-14-2)11-8(13)7(12)10-3-6(9)15/h5H,3-4H2,1-2H3,(H2,9,15)(H,10,12)(H,11,13). The summed E-state index contributed by atoms with van der Waals surface area (Å²) in [6.07, 6.45) is 0. The molecule has 2 amide bonds. The number of amides is 2. The van der Waals surface area contributed by atoms with Crippen LogP contribution in [0.25, 0.3) is 0 Å². The van der Waals surface area contributed by atoms with Gasteiger partial charge in [-0.25, -0.2) is 0 Å². The molecule has 0 rings (SSSR count). The zero-order valence-corrected chi connectivity index (χ0v) is 9.52. The maximum Gasteiger partial charge on any atom is 0.309 e. The zero-order valence-electron chi connectivity index (χ0n) is 8.70. The molecule has 6 nitrogen and oxygen atoms in total. The summed E-state index contributed by atoms with van der Waals surface area (Å²) in [7, 11) is 1.51. The van der Waals surface area contributed by atoms with Crippen molar-refractivity contribution >= 4 is 29.0 Å². The highest BCUT2D eigenvalue weighted by atomic mass is 32.1. The molecule has 1 atom stereocenters. The van der Waals surface area contributed by atoms with E-state index in [1.54, 1.807) is 6.92 Å². The van der Waals surface area contributed by atoms with Crippen molar-refractivity contribution in [1.29, 1.82) is 0 Å². The number of hydrogen-bond donors (Lipinski definition) is 3. The Morgan fingerprint density at radius 3 is 2.53 bits per heavy atom. The Labute approximate surface area is 93.5 Å². The fraction of sp³-hybridized carbons (Fsp3) is 0.625. The lowest BCUT2D eigenvalue weighted by atomic mass is 10.3. The lowest BCUT2D eigenvalue weighted by Gasteiger charge is -2.12. The van der Waals surface area contributed by atoms with E-state index in [-0.39, 0.29) is 17.6 Å². The van der Waals surface area contributed by atoms with Crippen LogP contribution in [0.5, 0.6) is 0 Å². The molecule has 0 aliphatic carbocycles. The van der Waals surface area contributed by atoms with Crippen molar-refractivity contribution in [3.05, 3.63) is 0 Å². The number of rotatable bonds is 5. The summed E-state index contributed by atoms with van der Waals surface area (Å²) in [5.41, 5.74) is 5.15. The Hall–Kier alpha value is -1.21. The van der Waals surface area contributed by atoms with E-state index in [9.17, 15) is 9.59 Å². The summed E-state index contributed by atoms with van der Waals surface area (Å²) in [5.74, 6) is -1.48. The number of methoxy groups -OCH3 is 1. The average Bonchev–Trinajstić information content (AvgIpc) is 2.14. The van der Waals surface area contributed by atoms with Gasteiger partial charge in [-0.3, -0.25) is 9.59 Å². The van der Waals surface area contributed by atoms with Gasteiger partial charge in [-0.05, 0) is 6.92 Å². The molecule has 0 spiro atoms. The van der Waals surface area contributed by atoms with Gasteiger partial charge in [0.2, 0.25) is 0 Å². The van der Waals surface area contributed by atoms with Gasteiger partial charge in [-0.15, -0.1) is 0 Å². The smallest absolute Gasteiger partial charge is 0.309 e. The van der Waals surface area contributed by atoms with Crippen LogP contribution < -0.4 is 16.4 Å². The molecule has 15 heavy (non-hydrogen) atoms. The van der Waals surface area contributed by atoms with E-state index in [4.69, 9.17) is 10.5 Å². The zero-order chi connectivity index (χ0) is 11.8. The number of thiocarbonyl (C=S) groups is 1. The first-order chi connectivity index (χ1) is 6.97. The molecule has 0 saturated heterocycles. The minimum atomic E-state index is -0.759. The molecule has 0 aliphatic rings. The van der Waals surface area contributed by atoms with Crippen LogP contribution in [0.4, 0.5) is 0 Å². The minimum absolute atomic E-state index is 0.0141. The molecule has 0 radical (unpaired) electrons. The number of carbonyl (C=O) groups is 2. The molecule has 0 aromatic heterocycles. The topological polar surface area (TPSA) is 93.4 Å². The molecule has 0 fully saturated rings. The van der Waals surface area contributed by atoms with Gasteiger partial charge in [-0.2, -0.15) is 0 Å². The van der Waals surface area contributed by atoms with Gasteiger partial charge in [-0.1, -0.05) is 12.2 Å². The summed E-state index contributed by atoms with van der Waals surface area (Å²) in [4.78, 5) is 22.4. The van der Waals surface area contributed by atoms with Gasteiger partial charge in [0.1, 0.15) is 0 Å². The first-order valence-electron chi connectivity index (χ1n) is 4.33. The van der Waals surface area contributed by atoms with Gasteiger partial charge in [0, 0.05) is 13.2 Å². The highest BCUT2D eigenvalue weighted by Crippen LogP contribution is 1.82. The van der Waals surface area contributed by atoms with Crippen LogP contribution in [-0.4, -0.2) is 43.1 Å². The van der Waals surface area contributed by atoms with Crippen LogP contribution in [-0.2, 0) is 14.3 Å². The van der Waals surface area contributed by atoms with Crippen LogP contribution in [0.2, 0.25) is 0 Å². The van der Waals surface area contributed by atoms with Gasteiger partial charge in [0.15, 0.2) is 0 Å². The number of nitrogens with one attached hydrogen (secondary N) is 2. The van der Waals surface area contributed by atoms with E-state index < -0.39 is 11.8 Å². The lowest BCUT2D eigenvalue weighted by Crippen LogP contribution is -2.46. The molecule has 7 heteroatoms. The largest absolute Gasteiger partial charge is 0.392 e. The highest BCUT2D eigenvalue weighted by Gasteiger charge is 2.15. The molecule has 0 aliphatic heterocycles. The molecule has 0 aromatic carbocycles. The molecule has 0 heterocycles. The highest BCUT2D eigenvalue weighted by molar-refractivity contribution is 7.80. The predicted molar refractivity (Wildman–Crippen MR) is 59.3 cm³/mol. The molecule has 86 valence electrons. The number of hydrogen-bond acceptors (Lipinski definition) is 4. The summed E-state index contributed by atoms with van der Waals surface area (Å²) in [5, 5.41) is 4.72. The van der Waals surface area contributed by atoms with Gasteiger partial charge >= 0.3 is 11.8 Å². The van der Waals surface area contributed by atoms with Crippen molar-refractivity contribution in [2.24, 2.45) is 5.73 Å². The van der Waals surface area contributed by atoms with Crippen LogP contribution in [0.3, 0.4) is 0 Å². The van der Waals surface area contributed by atoms with E-state index in [2.05, 4.69) is 22.9 Å². The third-order valence-corrected chi connectivity index (χ3v) is 1.57. The van der Waals surface area contributed by atoms with Crippen LogP contribution >= 0.6 is 12.2 Å². The number of nitrogens with two attached hydrogens (primary N) is 1. The monoisotopic (exact) mass is 233 g/mol. The normalized spacial score (nSPS) is 11.6. The Kier molecular flexibility index (Phi) is 6.56. The van der Waals surface area contributed by atoms with Crippen molar-refractivity contribution < 1.29 is 14.3 Å². The molecule has 0 aromatic rings. The van der Waals surface area contributed by atoms with Crippen LogP contribution in [0, 0.1) is 0 Å². The SMILES string of the molecule is COCC(C)NC(=O)C(=O)NCC(N)=S. The molecule has 1 unspecified atom stereocenters. The van der Waals surface area contributed by atoms with Gasteiger partial charge in [0.05, 0.1) is 18.1 Å². The third kappa shape index (κ3) is 6.81. The number of ether oxygens (including phenoxy) is 1. The van der Waals surface area contributed by atoms with Gasteiger partial charge < -0.3 is 21.1 Å². The first kappa shape index (κ1) is 13.8. The Morgan fingerprint density at radius 1 is 1.47 bits per heavy atom. The fourth-order valence-corrected chi connectivity index (χ4v) is 0.901. The fourth-order valence-electron chi connectivity index (χ4n) is 0.829. The molecule has 0 saturated carbocycles. The summed E-state index contributed by atoms with van der Waals surface area (Å²) >= 11 is 4.54. The van der Waals surface area contributed by atoms with Crippen LogP contribution in [0.15, 0.2) is 0 Å². The Morgan fingerprint density at radius 2 is 2.07 bits per heavy atom. The molecular formula is C8H15N3O3S. The summed E-state index contributed by atoms with van der Waals surface area (Å²) in [6, 6.07) is -0.224. The van der Waals surface area contributed by atoms with Crippen molar-refractivity contribution in [1.82, 2.24) is 10.6 Å². The average molecular weight is 233 g/mol. The molecular weight excluding hydrogens is 218 g/mol. The van der Waals surface area contributed by atoms with Crippen molar-refractivity contribution in [2.75, 3.05) is 20.3 Å². The predicted octanol–water partition coefficient (Wildman–Crippen LogP) is -1.46. The maximum absolute atomic E-state index is 11.2. The minimum Gasteiger partial charge on any atom is -0.392 e. The summed E-state index contributed by atoms with van der Waals surface area (Å²) < 4.78 is 4.80. The molecule has 0 bridgehead atoms. The van der Waals surface area contributed by atoms with Gasteiger partial charge in [0.25, 0.3) is 0 Å². The second-order valence-corrected chi connectivity index (χ2v) is 3.50. The van der Waals surface area contributed by atoms with E-state index in [1.165, 1.54) is 7.11 Å². The third-order valence-electron chi connectivity index (χ3n) is 1.42. The summed E-state index contributed by atoms with van der Waals surface area (Å²) in [6.45, 7) is 2.08. The second-order valence-electron chi connectivity index (χ2n) is 2.98. The second kappa shape index (κ2) is 7.13. The van der Waals surface area contributed by atoms with Crippen molar-refractivity contribution in [3.63, 3.8) is 0 Å². The lowest BCUT2D eigenvalue weighted by molar-refractivity contribution is -0.139. The van der Waals surface area contributed by atoms with Crippen LogP contribution in [0.1, 0.15) is 6.92 Å². The first-order valence-corrected chi connectivity index (χ1v) is 4.74. The van der Waals surface area contributed by atoms with Crippen molar-refractivity contribution in [3.8, 4) is 0 Å².